The van der Waals surface area contributed by atoms with Crippen LogP contribution >= 0.6 is 23.8 Å². The smallest absolute Gasteiger partial charge is 0.242 e. The summed E-state index contributed by atoms with van der Waals surface area (Å²) in [6.07, 6.45) is 2.81. The van der Waals surface area contributed by atoms with Gasteiger partial charge in [-0.25, -0.2) is 13.1 Å². The first-order valence-corrected chi connectivity index (χ1v) is 7.79. The maximum atomic E-state index is 12.1. The highest BCUT2D eigenvalue weighted by atomic mass is 35.5. The third kappa shape index (κ3) is 2.83. The SMILES string of the molecule is NC(=S)c1ccc(S(=O)(=O)NC2CCC2)c(Cl)c1. The van der Waals surface area contributed by atoms with Gasteiger partial charge in [-0.3, -0.25) is 0 Å². The van der Waals surface area contributed by atoms with E-state index in [4.69, 9.17) is 29.6 Å². The van der Waals surface area contributed by atoms with Crippen LogP contribution in [-0.4, -0.2) is 19.4 Å². The number of halogens is 1. The first-order valence-electron chi connectivity index (χ1n) is 5.52. The first kappa shape index (κ1) is 13.7. The molecule has 2 rings (SSSR count). The zero-order chi connectivity index (χ0) is 13.3. The van der Waals surface area contributed by atoms with Gasteiger partial charge < -0.3 is 5.73 Å². The van der Waals surface area contributed by atoms with Crippen LogP contribution in [0.2, 0.25) is 5.02 Å². The van der Waals surface area contributed by atoms with Crippen LogP contribution in [0.25, 0.3) is 0 Å². The number of hydrogen-bond acceptors (Lipinski definition) is 3. The average molecular weight is 305 g/mol. The lowest BCUT2D eigenvalue weighted by atomic mass is 9.94. The van der Waals surface area contributed by atoms with Gasteiger partial charge in [-0.05, 0) is 25.0 Å². The van der Waals surface area contributed by atoms with Crippen molar-refractivity contribution in [3.05, 3.63) is 28.8 Å². The van der Waals surface area contributed by atoms with E-state index in [1.165, 1.54) is 12.1 Å². The summed E-state index contributed by atoms with van der Waals surface area (Å²) in [6.45, 7) is 0. The molecule has 1 aliphatic carbocycles. The van der Waals surface area contributed by atoms with Gasteiger partial charge >= 0.3 is 0 Å². The predicted molar refractivity (Wildman–Crippen MR) is 75.3 cm³/mol. The Hall–Kier alpha value is -0.690. The molecule has 1 aliphatic rings. The molecule has 3 N–H and O–H groups in total. The second-order valence-electron chi connectivity index (χ2n) is 4.26. The van der Waals surface area contributed by atoms with E-state index in [0.29, 0.717) is 5.56 Å². The third-order valence-electron chi connectivity index (χ3n) is 2.93. The van der Waals surface area contributed by atoms with E-state index >= 15 is 0 Å². The summed E-state index contributed by atoms with van der Waals surface area (Å²) in [4.78, 5) is 0.254. The second-order valence-corrected chi connectivity index (χ2v) is 6.79. The summed E-state index contributed by atoms with van der Waals surface area (Å²) < 4.78 is 26.8. The van der Waals surface area contributed by atoms with E-state index in [-0.39, 0.29) is 20.9 Å². The van der Waals surface area contributed by atoms with E-state index in [9.17, 15) is 8.42 Å². The quantitative estimate of drug-likeness (QED) is 0.832. The Kier molecular flexibility index (Phi) is 3.91. The van der Waals surface area contributed by atoms with Crippen molar-refractivity contribution in [2.45, 2.75) is 30.2 Å². The van der Waals surface area contributed by atoms with Gasteiger partial charge in [0.2, 0.25) is 10.0 Å². The molecule has 0 radical (unpaired) electrons. The van der Waals surface area contributed by atoms with Gasteiger partial charge in [-0.2, -0.15) is 0 Å². The van der Waals surface area contributed by atoms with Crippen LogP contribution < -0.4 is 10.5 Å². The molecule has 18 heavy (non-hydrogen) atoms. The normalized spacial score (nSPS) is 16.3. The highest BCUT2D eigenvalue weighted by Gasteiger charge is 2.26. The summed E-state index contributed by atoms with van der Waals surface area (Å²) in [5, 5.41) is 0.132. The van der Waals surface area contributed by atoms with Gasteiger partial charge in [-0.15, -0.1) is 0 Å². The summed E-state index contributed by atoms with van der Waals surface area (Å²) in [7, 11) is -3.56. The highest BCUT2D eigenvalue weighted by molar-refractivity contribution is 7.89. The summed E-state index contributed by atoms with van der Waals surface area (Å²) in [5.74, 6) is 0. The third-order valence-corrected chi connectivity index (χ3v) is 5.17. The fourth-order valence-corrected chi connectivity index (χ4v) is 3.66. The summed E-state index contributed by atoms with van der Waals surface area (Å²) in [6, 6.07) is 4.49. The monoisotopic (exact) mass is 304 g/mol. The lowest BCUT2D eigenvalue weighted by molar-refractivity contribution is 0.383. The molecule has 0 aliphatic heterocycles. The summed E-state index contributed by atoms with van der Waals surface area (Å²) >= 11 is 10.8. The Bertz CT molecular complexity index is 583. The van der Waals surface area contributed by atoms with Crippen molar-refractivity contribution in [1.29, 1.82) is 0 Å². The molecule has 1 aromatic rings. The number of rotatable bonds is 4. The number of hydrogen-bond donors (Lipinski definition) is 2. The van der Waals surface area contributed by atoms with Crippen molar-refractivity contribution in [3.8, 4) is 0 Å². The molecule has 0 heterocycles. The minimum Gasteiger partial charge on any atom is -0.389 e. The summed E-state index contributed by atoms with van der Waals surface area (Å²) in [5.41, 5.74) is 6.01. The number of sulfonamides is 1. The zero-order valence-corrected chi connectivity index (χ0v) is 11.9. The first-order chi connectivity index (χ1) is 8.40. The minimum absolute atomic E-state index is 0.0290. The van der Waals surface area contributed by atoms with Crippen molar-refractivity contribution < 1.29 is 8.42 Å². The van der Waals surface area contributed by atoms with Crippen LogP contribution in [0.3, 0.4) is 0 Å². The van der Waals surface area contributed by atoms with Gasteiger partial charge in [0.05, 0.1) is 5.02 Å². The van der Waals surface area contributed by atoms with Gasteiger partial charge in [0, 0.05) is 11.6 Å². The van der Waals surface area contributed by atoms with Crippen molar-refractivity contribution in [2.24, 2.45) is 5.73 Å². The Labute approximate surface area is 117 Å². The molecular formula is C11H13ClN2O2S2. The Morgan fingerprint density at radius 2 is 2.11 bits per heavy atom. The van der Waals surface area contributed by atoms with Gasteiger partial charge in [0.25, 0.3) is 0 Å². The Morgan fingerprint density at radius 1 is 1.44 bits per heavy atom. The van der Waals surface area contributed by atoms with Crippen LogP contribution in [0.15, 0.2) is 23.1 Å². The maximum Gasteiger partial charge on any atom is 0.242 e. The van der Waals surface area contributed by atoms with Crippen LogP contribution in [-0.2, 0) is 10.0 Å². The molecular weight excluding hydrogens is 292 g/mol. The van der Waals surface area contributed by atoms with E-state index in [1.54, 1.807) is 6.07 Å². The lowest BCUT2D eigenvalue weighted by Gasteiger charge is -2.26. The van der Waals surface area contributed by atoms with Crippen molar-refractivity contribution in [3.63, 3.8) is 0 Å². The molecule has 4 nitrogen and oxygen atoms in total. The molecule has 1 fully saturated rings. The van der Waals surface area contributed by atoms with Gasteiger partial charge in [-0.1, -0.05) is 36.3 Å². The van der Waals surface area contributed by atoms with Crippen LogP contribution in [0.5, 0.6) is 0 Å². The van der Waals surface area contributed by atoms with Crippen molar-refractivity contribution >= 4 is 38.8 Å². The average Bonchev–Trinajstić information content (AvgIpc) is 2.23. The largest absolute Gasteiger partial charge is 0.389 e. The topological polar surface area (TPSA) is 72.2 Å². The number of thiocarbonyl (C=S) groups is 1. The molecule has 0 atom stereocenters. The standard InChI is InChI=1S/C11H13ClN2O2S2/c12-9-6-7(11(13)17)4-5-10(9)18(15,16)14-8-2-1-3-8/h4-6,8,14H,1-3H2,(H2,13,17). The van der Waals surface area contributed by atoms with Crippen LogP contribution in [0.1, 0.15) is 24.8 Å². The molecule has 7 heteroatoms. The van der Waals surface area contributed by atoms with Crippen molar-refractivity contribution in [2.75, 3.05) is 0 Å². The van der Waals surface area contributed by atoms with Crippen LogP contribution in [0, 0.1) is 0 Å². The number of benzene rings is 1. The Morgan fingerprint density at radius 3 is 2.56 bits per heavy atom. The number of nitrogens with one attached hydrogen (secondary N) is 1. The van der Waals surface area contributed by atoms with Crippen molar-refractivity contribution in [1.82, 2.24) is 4.72 Å². The molecule has 0 saturated heterocycles. The highest BCUT2D eigenvalue weighted by Crippen LogP contribution is 2.25. The molecule has 1 saturated carbocycles. The molecule has 1 aromatic carbocycles. The fraction of sp³-hybridized carbons (Fsp3) is 0.364. The molecule has 0 spiro atoms. The fourth-order valence-electron chi connectivity index (χ4n) is 1.68. The lowest BCUT2D eigenvalue weighted by Crippen LogP contribution is -2.39. The predicted octanol–water partition coefficient (Wildman–Crippen LogP) is 1.80. The van der Waals surface area contributed by atoms with Gasteiger partial charge in [0.15, 0.2) is 0 Å². The second kappa shape index (κ2) is 5.13. The number of nitrogens with two attached hydrogens (primary N) is 1. The molecule has 0 bridgehead atoms. The van der Waals surface area contributed by atoms with E-state index in [1.807, 2.05) is 0 Å². The van der Waals surface area contributed by atoms with E-state index in [0.717, 1.165) is 19.3 Å². The van der Waals surface area contributed by atoms with Gasteiger partial charge in [0.1, 0.15) is 9.88 Å². The molecule has 0 unspecified atom stereocenters. The Balaban J connectivity index is 2.29. The minimum atomic E-state index is -3.56. The molecule has 0 aromatic heterocycles. The van der Waals surface area contributed by atoms with E-state index in [2.05, 4.69) is 4.72 Å². The maximum absolute atomic E-state index is 12.1. The molecule has 98 valence electrons. The molecule has 0 amide bonds. The van der Waals surface area contributed by atoms with E-state index < -0.39 is 10.0 Å². The zero-order valence-electron chi connectivity index (χ0n) is 9.52. The van der Waals surface area contributed by atoms with Crippen LogP contribution in [0.4, 0.5) is 0 Å².